The minimum Gasteiger partial charge on any atom is -1.00 e. The highest BCUT2D eigenvalue weighted by molar-refractivity contribution is 6.33. The van der Waals surface area contributed by atoms with E-state index in [1.807, 2.05) is 0 Å². The van der Waals surface area contributed by atoms with Crippen molar-refractivity contribution < 1.29 is 36.4 Å². The van der Waals surface area contributed by atoms with E-state index in [1.165, 1.54) is 9.80 Å². The van der Waals surface area contributed by atoms with Gasteiger partial charge in [-0.1, -0.05) is 0 Å². The summed E-state index contributed by atoms with van der Waals surface area (Å²) in [5, 5.41) is 0. The molecule has 2 amide bonds. The molecule has 0 fully saturated rings. The molecule has 1 aliphatic carbocycles. The number of hydrogen-bond donors (Lipinski definition) is 1. The molecule has 0 saturated heterocycles. The van der Waals surface area contributed by atoms with Gasteiger partial charge in [0.1, 0.15) is 13.2 Å². The van der Waals surface area contributed by atoms with Gasteiger partial charge in [-0.05, 0) is 63.8 Å². The number of imide groups is 1. The van der Waals surface area contributed by atoms with Gasteiger partial charge in [-0.3, -0.25) is 9.59 Å². The number of carbonyl (C=O) groups is 3. The molecule has 7 heteroatoms. The first kappa shape index (κ1) is 22.1. The Labute approximate surface area is 171 Å². The van der Waals surface area contributed by atoms with Gasteiger partial charge in [0.15, 0.2) is 0 Å². The lowest BCUT2D eigenvalue weighted by molar-refractivity contribution is -0.896. The molecular formula is C21H27ClN2O4. The molecule has 6 nitrogen and oxygen atoms in total. The van der Waals surface area contributed by atoms with Crippen molar-refractivity contribution in [3.8, 4) is 0 Å². The Morgan fingerprint density at radius 2 is 1.54 bits per heavy atom. The number of carbonyl (C=O) groups excluding carboxylic acids is 3. The average Bonchev–Trinajstić information content (AvgIpc) is 2.96. The van der Waals surface area contributed by atoms with Gasteiger partial charge in [0.05, 0.1) is 24.3 Å². The van der Waals surface area contributed by atoms with Crippen molar-refractivity contribution in [2.75, 3.05) is 31.1 Å². The fourth-order valence-corrected chi connectivity index (χ4v) is 3.70. The van der Waals surface area contributed by atoms with E-state index in [9.17, 15) is 14.4 Å². The Kier molecular flexibility index (Phi) is 7.78. The van der Waals surface area contributed by atoms with Crippen molar-refractivity contribution in [2.45, 2.75) is 39.5 Å². The fraction of sp³-hybridized carbons (Fsp3) is 0.476. The molecule has 0 bridgehead atoms. The molecule has 1 N–H and O–H groups in total. The summed E-state index contributed by atoms with van der Waals surface area (Å²) in [5.74, 6) is -0.816. The van der Waals surface area contributed by atoms with Crippen LogP contribution in [0.3, 0.4) is 0 Å². The predicted octanol–water partition coefficient (Wildman–Crippen LogP) is -1.48. The first-order chi connectivity index (χ1) is 13.1. The van der Waals surface area contributed by atoms with Crippen LogP contribution in [0.15, 0.2) is 35.4 Å². The number of esters is 1. The van der Waals surface area contributed by atoms with Crippen molar-refractivity contribution in [1.82, 2.24) is 0 Å². The molecule has 2 aliphatic rings. The summed E-state index contributed by atoms with van der Waals surface area (Å²) in [4.78, 5) is 40.0. The van der Waals surface area contributed by atoms with Gasteiger partial charge in [-0.2, -0.15) is 0 Å². The van der Waals surface area contributed by atoms with E-state index in [2.05, 4.69) is 13.8 Å². The standard InChI is InChI=1S/C21H26N2O4.ClH/c1-3-22(4-2)13-14-27-21(26)15-9-11-16(12-10-15)23-19(24)17-7-5-6-8-18(17)20(23)25;/h9-12H,3-8,13-14H2,1-2H3;1H. The molecule has 152 valence electrons. The lowest BCUT2D eigenvalue weighted by Gasteiger charge is -2.16. The minimum absolute atomic E-state index is 0. The maximum atomic E-state index is 12.6. The Bertz CT molecular complexity index is 741. The minimum atomic E-state index is -0.385. The first-order valence-corrected chi connectivity index (χ1v) is 9.78. The number of nitrogens with zero attached hydrogens (tertiary/aromatic N) is 1. The number of amides is 2. The van der Waals surface area contributed by atoms with Crippen LogP contribution >= 0.6 is 0 Å². The van der Waals surface area contributed by atoms with Gasteiger partial charge >= 0.3 is 5.97 Å². The molecule has 1 heterocycles. The molecule has 0 saturated carbocycles. The highest BCUT2D eigenvalue weighted by atomic mass is 35.5. The SMILES string of the molecule is CC[NH+](CC)CCOC(=O)c1ccc(N2C(=O)C3=C(CCCC3)C2=O)cc1.[Cl-]. The maximum Gasteiger partial charge on any atom is 0.338 e. The topological polar surface area (TPSA) is 68.1 Å². The summed E-state index contributed by atoms with van der Waals surface area (Å²) in [5.41, 5.74) is 2.25. The Hall–Kier alpha value is -2.18. The predicted molar refractivity (Wildman–Crippen MR) is 102 cm³/mol. The molecule has 3 rings (SSSR count). The van der Waals surface area contributed by atoms with E-state index in [-0.39, 0.29) is 30.2 Å². The van der Waals surface area contributed by atoms with E-state index in [0.29, 0.717) is 41.8 Å². The normalized spacial score (nSPS) is 16.3. The van der Waals surface area contributed by atoms with Crippen molar-refractivity contribution >= 4 is 23.5 Å². The number of hydrogen-bond acceptors (Lipinski definition) is 4. The Balaban J connectivity index is 0.00000280. The summed E-state index contributed by atoms with van der Waals surface area (Å²) in [7, 11) is 0. The first-order valence-electron chi connectivity index (χ1n) is 9.78. The van der Waals surface area contributed by atoms with E-state index in [4.69, 9.17) is 4.74 Å². The number of benzene rings is 1. The summed E-state index contributed by atoms with van der Waals surface area (Å²) in [6.07, 6.45) is 3.25. The Morgan fingerprint density at radius 1 is 1.00 bits per heavy atom. The second kappa shape index (κ2) is 9.85. The van der Waals surface area contributed by atoms with Gasteiger partial charge in [0.2, 0.25) is 0 Å². The van der Waals surface area contributed by atoms with Gasteiger partial charge in [-0.25, -0.2) is 9.69 Å². The van der Waals surface area contributed by atoms with E-state index in [0.717, 1.165) is 32.5 Å². The maximum absolute atomic E-state index is 12.6. The van der Waals surface area contributed by atoms with Gasteiger partial charge in [0, 0.05) is 11.1 Å². The van der Waals surface area contributed by atoms with Crippen molar-refractivity contribution in [3.63, 3.8) is 0 Å². The van der Waals surface area contributed by atoms with Crippen LogP contribution in [0.1, 0.15) is 49.9 Å². The largest absolute Gasteiger partial charge is 1.00 e. The van der Waals surface area contributed by atoms with Crippen LogP contribution in [-0.2, 0) is 14.3 Å². The van der Waals surface area contributed by atoms with Crippen LogP contribution in [0, 0.1) is 0 Å². The highest BCUT2D eigenvalue weighted by Gasteiger charge is 2.39. The lowest BCUT2D eigenvalue weighted by Crippen LogP contribution is -3.11. The second-order valence-electron chi connectivity index (χ2n) is 7.00. The third-order valence-electron chi connectivity index (χ3n) is 5.44. The number of anilines is 1. The fourth-order valence-electron chi connectivity index (χ4n) is 3.70. The summed E-state index contributed by atoms with van der Waals surface area (Å²) in [6.45, 7) is 7.36. The van der Waals surface area contributed by atoms with Crippen molar-refractivity contribution in [3.05, 3.63) is 41.0 Å². The number of likely N-dealkylation sites (N-methyl/N-ethyl adjacent to an activating group) is 1. The zero-order valence-electron chi connectivity index (χ0n) is 16.4. The summed E-state index contributed by atoms with van der Waals surface area (Å²) < 4.78 is 5.33. The van der Waals surface area contributed by atoms with E-state index < -0.39 is 0 Å². The van der Waals surface area contributed by atoms with Gasteiger partial charge < -0.3 is 22.0 Å². The quantitative estimate of drug-likeness (QED) is 0.443. The van der Waals surface area contributed by atoms with Crippen LogP contribution in [0.5, 0.6) is 0 Å². The lowest BCUT2D eigenvalue weighted by atomic mass is 9.93. The molecule has 0 spiro atoms. The van der Waals surface area contributed by atoms with E-state index >= 15 is 0 Å². The third kappa shape index (κ3) is 4.45. The molecule has 0 aromatic heterocycles. The monoisotopic (exact) mass is 406 g/mol. The van der Waals surface area contributed by atoms with Crippen LogP contribution in [0.4, 0.5) is 5.69 Å². The molecule has 1 aliphatic heterocycles. The molecule has 0 radical (unpaired) electrons. The van der Waals surface area contributed by atoms with Gasteiger partial charge in [-0.15, -0.1) is 0 Å². The van der Waals surface area contributed by atoms with E-state index in [1.54, 1.807) is 24.3 Å². The number of quaternary nitrogens is 1. The molecule has 0 atom stereocenters. The van der Waals surface area contributed by atoms with Crippen molar-refractivity contribution in [2.24, 2.45) is 0 Å². The number of rotatable bonds is 7. The van der Waals surface area contributed by atoms with Crippen LogP contribution in [0.25, 0.3) is 0 Å². The summed E-state index contributed by atoms with van der Waals surface area (Å²) in [6, 6.07) is 6.50. The van der Waals surface area contributed by atoms with Crippen LogP contribution in [0.2, 0.25) is 0 Å². The Morgan fingerprint density at radius 3 is 2.04 bits per heavy atom. The molecule has 0 unspecified atom stereocenters. The zero-order chi connectivity index (χ0) is 19.4. The second-order valence-corrected chi connectivity index (χ2v) is 7.00. The molecule has 1 aromatic carbocycles. The third-order valence-corrected chi connectivity index (χ3v) is 5.44. The van der Waals surface area contributed by atoms with Crippen LogP contribution in [-0.4, -0.2) is 44.0 Å². The van der Waals surface area contributed by atoms with Crippen LogP contribution < -0.4 is 22.2 Å². The van der Waals surface area contributed by atoms with Crippen molar-refractivity contribution in [1.29, 1.82) is 0 Å². The summed E-state index contributed by atoms with van der Waals surface area (Å²) >= 11 is 0. The zero-order valence-corrected chi connectivity index (χ0v) is 17.2. The molecular weight excluding hydrogens is 380 g/mol. The smallest absolute Gasteiger partial charge is 0.338 e. The van der Waals surface area contributed by atoms with Gasteiger partial charge in [0.25, 0.3) is 11.8 Å². The molecule has 1 aromatic rings. The molecule has 28 heavy (non-hydrogen) atoms. The highest BCUT2D eigenvalue weighted by Crippen LogP contribution is 2.35. The number of nitrogens with one attached hydrogen (secondary N) is 1. The average molecular weight is 407 g/mol. The number of halogens is 1. The number of ether oxygens (including phenoxy) is 1.